The van der Waals surface area contributed by atoms with Crippen LogP contribution in [-0.4, -0.2) is 62.4 Å². The van der Waals surface area contributed by atoms with E-state index in [-0.39, 0.29) is 11.4 Å². The van der Waals surface area contributed by atoms with E-state index >= 15 is 0 Å². The minimum atomic E-state index is 0.114. The molecule has 0 aliphatic carbocycles. The van der Waals surface area contributed by atoms with Gasteiger partial charge in [0, 0.05) is 49.9 Å². The van der Waals surface area contributed by atoms with Crippen molar-refractivity contribution in [2.24, 2.45) is 0 Å². The molecule has 0 aromatic carbocycles. The van der Waals surface area contributed by atoms with Crippen molar-refractivity contribution in [1.29, 1.82) is 0 Å². The molecule has 7 nitrogen and oxygen atoms in total. The Labute approximate surface area is 153 Å². The molecule has 4 heterocycles. The van der Waals surface area contributed by atoms with Gasteiger partial charge >= 0.3 is 6.03 Å². The number of H-pyrrole nitrogens is 1. The van der Waals surface area contributed by atoms with Crippen molar-refractivity contribution in [3.63, 3.8) is 0 Å². The molecule has 2 fully saturated rings. The number of rotatable bonds is 2. The number of nitrogens with zero attached hydrogens (tertiary/aromatic N) is 5. The molecule has 1 N–H and O–H groups in total. The molecule has 2 aliphatic heterocycles. The summed E-state index contributed by atoms with van der Waals surface area (Å²) < 4.78 is 0. The van der Waals surface area contributed by atoms with Gasteiger partial charge in [-0.15, -0.1) is 0 Å². The van der Waals surface area contributed by atoms with Crippen LogP contribution < -0.4 is 0 Å². The number of pyridine rings is 1. The maximum atomic E-state index is 12.7. The normalized spacial score (nSPS) is 21.1. The van der Waals surface area contributed by atoms with Gasteiger partial charge in [0.25, 0.3) is 0 Å². The first-order valence-electron chi connectivity index (χ1n) is 9.28. The number of urea groups is 1. The van der Waals surface area contributed by atoms with Crippen LogP contribution in [0.2, 0.25) is 0 Å². The minimum Gasteiger partial charge on any atom is -0.324 e. The van der Waals surface area contributed by atoms with Crippen molar-refractivity contribution < 1.29 is 4.79 Å². The van der Waals surface area contributed by atoms with Gasteiger partial charge in [-0.3, -0.25) is 4.98 Å². The van der Waals surface area contributed by atoms with Crippen LogP contribution >= 0.6 is 0 Å². The molecule has 0 bridgehead atoms. The SMILES string of the molecule is CC(C)(C)c1ccc(C2CN(C(=O)N3CC[C@H](c4cn[nH]n4)C3)C2)nc1. The molecule has 0 radical (unpaired) electrons. The van der Waals surface area contributed by atoms with Crippen LogP contribution in [-0.2, 0) is 5.41 Å². The summed E-state index contributed by atoms with van der Waals surface area (Å²) >= 11 is 0. The van der Waals surface area contributed by atoms with Crippen molar-refractivity contribution in [2.75, 3.05) is 26.2 Å². The number of carbonyl (C=O) groups excluding carboxylic acids is 1. The number of amides is 2. The summed E-state index contributed by atoms with van der Waals surface area (Å²) in [6, 6.07) is 4.41. The molecule has 138 valence electrons. The predicted molar refractivity (Wildman–Crippen MR) is 98.0 cm³/mol. The second-order valence-electron chi connectivity index (χ2n) is 8.43. The van der Waals surface area contributed by atoms with Crippen LogP contribution in [0, 0.1) is 0 Å². The van der Waals surface area contributed by atoms with Gasteiger partial charge in [-0.25, -0.2) is 4.79 Å². The average molecular weight is 354 g/mol. The third-order valence-electron chi connectivity index (χ3n) is 5.53. The summed E-state index contributed by atoms with van der Waals surface area (Å²) in [4.78, 5) is 21.2. The van der Waals surface area contributed by atoms with E-state index in [0.717, 1.165) is 44.0 Å². The number of nitrogens with one attached hydrogen (secondary N) is 1. The third-order valence-corrected chi connectivity index (χ3v) is 5.53. The summed E-state index contributed by atoms with van der Waals surface area (Å²) in [6.45, 7) is 9.60. The van der Waals surface area contributed by atoms with Gasteiger partial charge in [-0.2, -0.15) is 15.4 Å². The lowest BCUT2D eigenvalue weighted by Gasteiger charge is -2.41. The van der Waals surface area contributed by atoms with E-state index in [1.54, 1.807) is 6.20 Å². The second-order valence-corrected chi connectivity index (χ2v) is 8.43. The van der Waals surface area contributed by atoms with Gasteiger partial charge in [-0.1, -0.05) is 26.8 Å². The Morgan fingerprint density at radius 3 is 2.46 bits per heavy atom. The zero-order valence-electron chi connectivity index (χ0n) is 15.6. The zero-order valence-corrected chi connectivity index (χ0v) is 15.6. The fraction of sp³-hybridized carbons (Fsp3) is 0.579. The van der Waals surface area contributed by atoms with Gasteiger partial charge < -0.3 is 9.80 Å². The molecule has 2 aliphatic rings. The second kappa shape index (κ2) is 6.37. The van der Waals surface area contributed by atoms with E-state index in [4.69, 9.17) is 0 Å². The van der Waals surface area contributed by atoms with Crippen LogP contribution in [0.5, 0.6) is 0 Å². The number of aromatic amines is 1. The monoisotopic (exact) mass is 354 g/mol. The summed E-state index contributed by atoms with van der Waals surface area (Å²) in [5.41, 5.74) is 3.39. The molecular weight excluding hydrogens is 328 g/mol. The third kappa shape index (κ3) is 3.18. The highest BCUT2D eigenvalue weighted by Gasteiger charge is 2.38. The predicted octanol–water partition coefficient (Wildman–Crippen LogP) is 2.51. The molecule has 7 heteroatoms. The molecule has 0 unspecified atom stereocenters. The fourth-order valence-electron chi connectivity index (χ4n) is 3.69. The standard InChI is InChI=1S/C19H26N6O/c1-19(2,3)15-4-5-16(20-8-15)14-11-25(12-14)18(26)24-7-6-13(10-24)17-9-21-23-22-17/h4-5,8-9,13-14H,6-7,10-12H2,1-3H3,(H,21,22,23)/t13-/m0/s1. The first kappa shape index (κ1) is 17.0. The molecule has 0 spiro atoms. The van der Waals surface area contributed by atoms with Crippen molar-refractivity contribution >= 4 is 6.03 Å². The first-order chi connectivity index (χ1) is 12.4. The Balaban J connectivity index is 1.31. The number of aromatic nitrogens is 4. The summed E-state index contributed by atoms with van der Waals surface area (Å²) in [7, 11) is 0. The van der Waals surface area contributed by atoms with Crippen LogP contribution in [0.15, 0.2) is 24.5 Å². The lowest BCUT2D eigenvalue weighted by molar-refractivity contribution is 0.120. The van der Waals surface area contributed by atoms with E-state index in [9.17, 15) is 4.79 Å². The minimum absolute atomic E-state index is 0.114. The van der Waals surface area contributed by atoms with E-state index in [1.165, 1.54) is 5.56 Å². The smallest absolute Gasteiger partial charge is 0.320 e. The molecular formula is C19H26N6O. The molecule has 0 saturated carbocycles. The summed E-state index contributed by atoms with van der Waals surface area (Å²) in [5.74, 6) is 0.642. The highest BCUT2D eigenvalue weighted by molar-refractivity contribution is 5.76. The average Bonchev–Trinajstić information content (AvgIpc) is 3.24. The number of carbonyl (C=O) groups is 1. The Morgan fingerprint density at radius 1 is 1.08 bits per heavy atom. The number of hydrogen-bond acceptors (Lipinski definition) is 4. The molecule has 2 amide bonds. The first-order valence-corrected chi connectivity index (χ1v) is 9.28. The Morgan fingerprint density at radius 2 is 1.85 bits per heavy atom. The molecule has 26 heavy (non-hydrogen) atoms. The topological polar surface area (TPSA) is 78.0 Å². The van der Waals surface area contributed by atoms with E-state index in [2.05, 4.69) is 53.3 Å². The lowest BCUT2D eigenvalue weighted by atomic mass is 9.87. The zero-order chi connectivity index (χ0) is 18.3. The van der Waals surface area contributed by atoms with Crippen LogP contribution in [0.25, 0.3) is 0 Å². The lowest BCUT2D eigenvalue weighted by Crippen LogP contribution is -2.53. The van der Waals surface area contributed by atoms with Crippen LogP contribution in [0.4, 0.5) is 4.79 Å². The van der Waals surface area contributed by atoms with Crippen LogP contribution in [0.1, 0.15) is 56.0 Å². The fourth-order valence-corrected chi connectivity index (χ4v) is 3.69. The van der Waals surface area contributed by atoms with Gasteiger partial charge in [0.15, 0.2) is 0 Å². The Kier molecular flexibility index (Phi) is 4.17. The number of hydrogen-bond donors (Lipinski definition) is 1. The Hall–Kier alpha value is -2.44. The molecule has 2 aromatic heterocycles. The van der Waals surface area contributed by atoms with E-state index in [0.29, 0.717) is 11.8 Å². The quantitative estimate of drug-likeness (QED) is 0.899. The summed E-state index contributed by atoms with van der Waals surface area (Å²) in [6.07, 6.45) is 4.68. The maximum Gasteiger partial charge on any atom is 0.320 e. The largest absolute Gasteiger partial charge is 0.324 e. The molecule has 1 atom stereocenters. The van der Waals surface area contributed by atoms with Crippen molar-refractivity contribution in [3.8, 4) is 0 Å². The molecule has 2 aromatic rings. The van der Waals surface area contributed by atoms with Gasteiger partial charge in [0.05, 0.1) is 11.9 Å². The van der Waals surface area contributed by atoms with E-state index < -0.39 is 0 Å². The van der Waals surface area contributed by atoms with E-state index in [1.807, 2.05) is 16.0 Å². The summed E-state index contributed by atoms with van der Waals surface area (Å²) in [5, 5.41) is 10.7. The van der Waals surface area contributed by atoms with Gasteiger partial charge in [0.1, 0.15) is 0 Å². The van der Waals surface area contributed by atoms with Crippen molar-refractivity contribution in [3.05, 3.63) is 41.5 Å². The van der Waals surface area contributed by atoms with Gasteiger partial charge in [-0.05, 0) is 23.5 Å². The Bertz CT molecular complexity index is 758. The van der Waals surface area contributed by atoms with Crippen LogP contribution in [0.3, 0.4) is 0 Å². The highest BCUT2D eigenvalue weighted by Crippen LogP contribution is 2.31. The van der Waals surface area contributed by atoms with Crippen molar-refractivity contribution in [2.45, 2.75) is 44.4 Å². The highest BCUT2D eigenvalue weighted by atomic mass is 16.2. The molecule has 4 rings (SSSR count). The van der Waals surface area contributed by atoms with Crippen molar-refractivity contribution in [1.82, 2.24) is 30.2 Å². The number of likely N-dealkylation sites (tertiary alicyclic amines) is 2. The molecule has 2 saturated heterocycles. The maximum absolute atomic E-state index is 12.7. The van der Waals surface area contributed by atoms with Gasteiger partial charge in [0.2, 0.25) is 0 Å².